The zero-order valence-corrected chi connectivity index (χ0v) is 12.0. The number of nitrogens with one attached hydrogen (secondary N) is 1. The summed E-state index contributed by atoms with van der Waals surface area (Å²) in [5, 5.41) is 0.612. The van der Waals surface area contributed by atoms with Gasteiger partial charge in [-0.05, 0) is 12.8 Å². The topological polar surface area (TPSA) is 75.3 Å². The van der Waals surface area contributed by atoms with Gasteiger partial charge < -0.3 is 14.6 Å². The molecule has 2 aromatic heterocycles. The molecule has 1 N–H and O–H groups in total. The van der Waals surface area contributed by atoms with Gasteiger partial charge in [0.15, 0.2) is 0 Å². The Kier molecular flexibility index (Phi) is 3.43. The fourth-order valence-corrected chi connectivity index (χ4v) is 3.50. The number of thiophene rings is 1. The summed E-state index contributed by atoms with van der Waals surface area (Å²) in [4.78, 5) is 34.2. The third kappa shape index (κ3) is 2.18. The van der Waals surface area contributed by atoms with Crippen LogP contribution in [0.4, 0.5) is 4.79 Å². The smallest absolute Gasteiger partial charge is 0.410 e. The molecule has 20 heavy (non-hydrogen) atoms. The second-order valence-electron chi connectivity index (χ2n) is 4.70. The average Bonchev–Trinajstić information content (AvgIpc) is 2.83. The number of ether oxygens (including phenoxy) is 1. The monoisotopic (exact) mass is 293 g/mol. The SMILES string of the molecule is CCCOC(=O)N1CCc2sc3nc[nH]c(=O)c3c2C1. The van der Waals surface area contributed by atoms with Crippen molar-refractivity contribution < 1.29 is 9.53 Å². The number of aromatic amines is 1. The molecule has 0 aromatic carbocycles. The zero-order valence-electron chi connectivity index (χ0n) is 11.1. The quantitative estimate of drug-likeness (QED) is 0.917. The normalized spacial score (nSPS) is 14.3. The largest absolute Gasteiger partial charge is 0.449 e. The molecule has 2 aromatic rings. The highest BCUT2D eigenvalue weighted by Crippen LogP contribution is 2.32. The molecular formula is C13H15N3O3S. The van der Waals surface area contributed by atoms with Crippen LogP contribution in [0.1, 0.15) is 23.8 Å². The average molecular weight is 293 g/mol. The first-order valence-electron chi connectivity index (χ1n) is 6.60. The molecule has 0 fully saturated rings. The predicted molar refractivity (Wildman–Crippen MR) is 76.0 cm³/mol. The number of H-pyrrole nitrogens is 1. The van der Waals surface area contributed by atoms with Crippen LogP contribution in [0.15, 0.2) is 11.1 Å². The molecule has 0 unspecified atom stereocenters. The Morgan fingerprint density at radius 3 is 3.25 bits per heavy atom. The van der Waals surface area contributed by atoms with Crippen LogP contribution in [0.3, 0.4) is 0 Å². The summed E-state index contributed by atoms with van der Waals surface area (Å²) in [5.74, 6) is 0. The van der Waals surface area contributed by atoms with Gasteiger partial charge in [0.25, 0.3) is 5.56 Å². The summed E-state index contributed by atoms with van der Waals surface area (Å²) in [7, 11) is 0. The van der Waals surface area contributed by atoms with Crippen molar-refractivity contribution in [3.8, 4) is 0 Å². The zero-order chi connectivity index (χ0) is 14.1. The number of carbonyl (C=O) groups excluding carboxylic acids is 1. The summed E-state index contributed by atoms with van der Waals surface area (Å²) >= 11 is 1.54. The van der Waals surface area contributed by atoms with Gasteiger partial charge in [-0.25, -0.2) is 9.78 Å². The van der Waals surface area contributed by atoms with Crippen LogP contribution in [0.5, 0.6) is 0 Å². The lowest BCUT2D eigenvalue weighted by molar-refractivity contribution is 0.0983. The van der Waals surface area contributed by atoms with Crippen molar-refractivity contribution in [2.24, 2.45) is 0 Å². The van der Waals surface area contributed by atoms with Gasteiger partial charge in [0.1, 0.15) is 4.83 Å². The van der Waals surface area contributed by atoms with Crippen LogP contribution < -0.4 is 5.56 Å². The highest BCUT2D eigenvalue weighted by Gasteiger charge is 2.26. The van der Waals surface area contributed by atoms with E-state index in [-0.39, 0.29) is 11.7 Å². The summed E-state index contributed by atoms with van der Waals surface area (Å²) in [5.41, 5.74) is 0.773. The Balaban J connectivity index is 1.92. The van der Waals surface area contributed by atoms with Crippen molar-refractivity contribution in [3.05, 3.63) is 27.1 Å². The molecule has 0 spiro atoms. The van der Waals surface area contributed by atoms with Crippen LogP contribution in [0, 0.1) is 0 Å². The Morgan fingerprint density at radius 1 is 1.60 bits per heavy atom. The maximum absolute atomic E-state index is 11.9. The molecular weight excluding hydrogens is 278 g/mol. The van der Waals surface area contributed by atoms with E-state index in [2.05, 4.69) is 9.97 Å². The van der Waals surface area contributed by atoms with Crippen LogP contribution in [-0.4, -0.2) is 34.1 Å². The number of carbonyl (C=O) groups is 1. The second-order valence-corrected chi connectivity index (χ2v) is 5.79. The third-order valence-corrected chi connectivity index (χ3v) is 4.52. The van der Waals surface area contributed by atoms with E-state index in [0.717, 1.165) is 28.1 Å². The van der Waals surface area contributed by atoms with E-state index in [4.69, 9.17) is 4.74 Å². The van der Waals surface area contributed by atoms with Gasteiger partial charge in [-0.3, -0.25) is 4.79 Å². The third-order valence-electron chi connectivity index (χ3n) is 3.32. The van der Waals surface area contributed by atoms with Crippen LogP contribution in [0.25, 0.3) is 10.2 Å². The maximum atomic E-state index is 11.9. The number of fused-ring (bicyclic) bond motifs is 3. The minimum Gasteiger partial charge on any atom is -0.449 e. The van der Waals surface area contributed by atoms with Gasteiger partial charge in [0.05, 0.1) is 24.9 Å². The van der Waals surface area contributed by atoms with E-state index < -0.39 is 0 Å². The Morgan fingerprint density at radius 2 is 2.45 bits per heavy atom. The summed E-state index contributed by atoms with van der Waals surface area (Å²) in [6.07, 6.45) is 2.66. The van der Waals surface area contributed by atoms with Gasteiger partial charge >= 0.3 is 6.09 Å². The fourth-order valence-electron chi connectivity index (χ4n) is 2.36. The number of rotatable bonds is 2. The molecule has 1 aliphatic heterocycles. The molecule has 3 rings (SSSR count). The van der Waals surface area contributed by atoms with Gasteiger partial charge in [-0.15, -0.1) is 11.3 Å². The first kappa shape index (κ1) is 13.1. The van der Waals surface area contributed by atoms with Crippen molar-refractivity contribution in [2.45, 2.75) is 26.3 Å². The molecule has 0 saturated heterocycles. The molecule has 3 heterocycles. The fraction of sp³-hybridized carbons (Fsp3) is 0.462. The number of amides is 1. The van der Waals surface area contributed by atoms with E-state index in [1.165, 1.54) is 17.7 Å². The standard InChI is InChI=1S/C13H15N3O3S/c1-2-5-19-13(18)16-4-3-9-8(6-16)10-11(17)14-7-15-12(10)20-9/h7H,2-6H2,1H3,(H,14,15,17). The van der Waals surface area contributed by atoms with Crippen LogP contribution >= 0.6 is 11.3 Å². The molecule has 7 heteroatoms. The van der Waals surface area contributed by atoms with E-state index in [1.807, 2.05) is 6.92 Å². The van der Waals surface area contributed by atoms with Crippen molar-refractivity contribution >= 4 is 27.6 Å². The van der Waals surface area contributed by atoms with Gasteiger partial charge in [-0.1, -0.05) is 6.92 Å². The number of nitrogens with zero attached hydrogens (tertiary/aromatic N) is 2. The highest BCUT2D eigenvalue weighted by atomic mass is 32.1. The van der Waals surface area contributed by atoms with Crippen LogP contribution in [0.2, 0.25) is 0 Å². The Bertz CT molecular complexity index is 706. The number of hydrogen-bond acceptors (Lipinski definition) is 5. The number of aromatic nitrogens is 2. The van der Waals surface area contributed by atoms with Crippen molar-refractivity contribution in [1.29, 1.82) is 0 Å². The summed E-state index contributed by atoms with van der Waals surface area (Å²) in [6, 6.07) is 0. The first-order chi connectivity index (χ1) is 9.70. The molecule has 6 nitrogen and oxygen atoms in total. The second kappa shape index (κ2) is 5.24. The molecule has 0 aliphatic carbocycles. The van der Waals surface area contributed by atoms with Gasteiger partial charge in [-0.2, -0.15) is 0 Å². The van der Waals surface area contributed by atoms with Gasteiger partial charge in [0, 0.05) is 17.0 Å². The molecule has 0 bridgehead atoms. The molecule has 106 valence electrons. The Hall–Kier alpha value is -1.89. The van der Waals surface area contributed by atoms with E-state index in [0.29, 0.717) is 25.1 Å². The lowest BCUT2D eigenvalue weighted by Crippen LogP contribution is -2.36. The van der Waals surface area contributed by atoms with Gasteiger partial charge in [0.2, 0.25) is 0 Å². The minimum atomic E-state index is -0.308. The Labute approximate surface area is 119 Å². The first-order valence-corrected chi connectivity index (χ1v) is 7.42. The van der Waals surface area contributed by atoms with Crippen molar-refractivity contribution in [3.63, 3.8) is 0 Å². The lowest BCUT2D eigenvalue weighted by Gasteiger charge is -2.26. The molecule has 1 amide bonds. The molecule has 0 radical (unpaired) electrons. The highest BCUT2D eigenvalue weighted by molar-refractivity contribution is 7.18. The van der Waals surface area contributed by atoms with E-state index >= 15 is 0 Å². The minimum absolute atomic E-state index is 0.142. The number of hydrogen-bond donors (Lipinski definition) is 1. The maximum Gasteiger partial charge on any atom is 0.410 e. The molecule has 1 aliphatic rings. The summed E-state index contributed by atoms with van der Waals surface area (Å²) < 4.78 is 5.15. The molecule has 0 saturated carbocycles. The predicted octanol–water partition coefficient (Wildman–Crippen LogP) is 1.89. The summed E-state index contributed by atoms with van der Waals surface area (Å²) in [6.45, 7) is 3.43. The molecule has 0 atom stereocenters. The van der Waals surface area contributed by atoms with Crippen LogP contribution in [-0.2, 0) is 17.7 Å². The van der Waals surface area contributed by atoms with E-state index in [1.54, 1.807) is 4.90 Å². The van der Waals surface area contributed by atoms with Crippen molar-refractivity contribution in [1.82, 2.24) is 14.9 Å². The van der Waals surface area contributed by atoms with Crippen molar-refractivity contribution in [2.75, 3.05) is 13.2 Å². The lowest BCUT2D eigenvalue weighted by atomic mass is 10.1. The van der Waals surface area contributed by atoms with E-state index in [9.17, 15) is 9.59 Å².